The number of alkyl halides is 12. The molecule has 0 aliphatic rings. The lowest BCUT2D eigenvalue weighted by molar-refractivity contribution is -0.146. The molecule has 20 heteroatoms. The van der Waals surface area contributed by atoms with E-state index in [1.165, 1.54) is 0 Å². The number of hydrogen-bond donors (Lipinski definition) is 0. The Morgan fingerprint density at radius 3 is 1.05 bits per heavy atom. The molecular weight excluding hydrogens is 592 g/mol. The average molecular weight is 600 g/mol. The molecule has 2 rings (SSSR count). The highest BCUT2D eigenvalue weighted by atomic mass is 32.2. The quantitative estimate of drug-likeness (QED) is 0.236. The van der Waals surface area contributed by atoms with Gasteiger partial charge in [0.15, 0.2) is 6.79 Å². The van der Waals surface area contributed by atoms with Gasteiger partial charge < -0.3 is 0 Å². The lowest BCUT2D eigenvalue weighted by Gasteiger charge is -2.17. The molecule has 208 valence electrons. The summed E-state index contributed by atoms with van der Waals surface area (Å²) in [7, 11) is -11.5. The summed E-state index contributed by atoms with van der Waals surface area (Å²) in [5.41, 5.74) is -8.60. The van der Waals surface area contributed by atoms with Gasteiger partial charge in [-0.1, -0.05) is 0 Å². The molecule has 0 heterocycles. The molecule has 0 atom stereocenters. The summed E-state index contributed by atoms with van der Waals surface area (Å²) in [6.45, 7) is -2.14. The summed E-state index contributed by atoms with van der Waals surface area (Å²) < 4.78 is 211. The van der Waals surface area contributed by atoms with Crippen LogP contribution in [0.25, 0.3) is 0 Å². The summed E-state index contributed by atoms with van der Waals surface area (Å²) in [6.07, 6.45) is -22.1. The highest BCUT2D eigenvalue weighted by Crippen LogP contribution is 2.41. The second-order valence-corrected chi connectivity index (χ2v) is 9.84. The first-order valence-electron chi connectivity index (χ1n) is 8.73. The molecule has 0 aliphatic heterocycles. The molecular formula is C17H8F12O6S2. The smallest absolute Gasteiger partial charge is 0.236 e. The third-order valence-electron chi connectivity index (χ3n) is 4.17. The van der Waals surface area contributed by atoms with Gasteiger partial charge in [-0.3, -0.25) is 0 Å². The molecule has 2 aromatic rings. The molecule has 0 bridgehead atoms. The van der Waals surface area contributed by atoms with E-state index in [0.29, 0.717) is 0 Å². The minimum Gasteiger partial charge on any atom is -0.236 e. The van der Waals surface area contributed by atoms with Crippen molar-refractivity contribution in [1.29, 1.82) is 0 Å². The van der Waals surface area contributed by atoms with Crippen LogP contribution in [0.1, 0.15) is 22.3 Å². The van der Waals surface area contributed by atoms with Gasteiger partial charge >= 0.3 is 24.7 Å². The minimum absolute atomic E-state index is 0.0824. The Bertz CT molecular complexity index is 1270. The number of halogens is 12. The zero-order valence-electron chi connectivity index (χ0n) is 17.0. The fourth-order valence-corrected chi connectivity index (χ4v) is 4.59. The van der Waals surface area contributed by atoms with Crippen molar-refractivity contribution in [3.8, 4) is 0 Å². The third kappa shape index (κ3) is 7.26. The Labute approximate surface area is 198 Å². The zero-order valence-corrected chi connectivity index (χ0v) is 18.6. The van der Waals surface area contributed by atoms with Crippen LogP contribution < -0.4 is 0 Å². The number of hydrogen-bond acceptors (Lipinski definition) is 6. The van der Waals surface area contributed by atoms with E-state index in [-0.39, 0.29) is 24.3 Å². The SMILES string of the molecule is O=S(=O)(OCOS(=O)(=O)c1ccc(C(F)(F)F)cc1C(F)(F)F)c1ccc(C(F)(F)F)cc1C(F)(F)F. The number of rotatable bonds is 6. The van der Waals surface area contributed by atoms with Crippen molar-refractivity contribution in [1.82, 2.24) is 0 Å². The van der Waals surface area contributed by atoms with Crippen LogP contribution in [0.3, 0.4) is 0 Å². The monoisotopic (exact) mass is 600 g/mol. The predicted molar refractivity (Wildman–Crippen MR) is 94.3 cm³/mol. The molecule has 0 N–H and O–H groups in total. The van der Waals surface area contributed by atoms with Crippen molar-refractivity contribution in [3.05, 3.63) is 58.7 Å². The fraction of sp³-hybridized carbons (Fsp3) is 0.294. The van der Waals surface area contributed by atoms with Crippen molar-refractivity contribution < 1.29 is 77.9 Å². The molecule has 6 nitrogen and oxygen atoms in total. The minimum atomic E-state index is -5.75. The standard InChI is InChI=1S/C17H8F12O6S2/c18-14(19,20)8-1-3-12(10(5-8)16(24,25)26)36(30,31)34-7-35-37(32,33)13-4-2-9(15(21,22)23)6-11(13)17(27,28)29/h1-6H,7H2. The van der Waals surface area contributed by atoms with Gasteiger partial charge in [-0.15, -0.1) is 0 Å². The van der Waals surface area contributed by atoms with E-state index in [9.17, 15) is 69.5 Å². The highest BCUT2D eigenvalue weighted by molar-refractivity contribution is 7.87. The molecule has 0 spiro atoms. The first-order valence-corrected chi connectivity index (χ1v) is 11.5. The Morgan fingerprint density at radius 1 is 0.514 bits per heavy atom. The van der Waals surface area contributed by atoms with Gasteiger partial charge in [0.25, 0.3) is 20.2 Å². The van der Waals surface area contributed by atoms with Crippen LogP contribution in [0.2, 0.25) is 0 Å². The lowest BCUT2D eigenvalue weighted by atomic mass is 10.1. The van der Waals surface area contributed by atoms with Gasteiger partial charge in [-0.05, 0) is 36.4 Å². The lowest BCUT2D eigenvalue weighted by Crippen LogP contribution is -2.21. The molecule has 0 amide bonds. The number of benzene rings is 2. The van der Waals surface area contributed by atoms with Crippen molar-refractivity contribution >= 4 is 20.2 Å². The molecule has 0 aliphatic carbocycles. The zero-order chi connectivity index (χ0) is 28.8. The maximum absolute atomic E-state index is 13.2. The Balaban J connectivity index is 2.40. The third-order valence-corrected chi connectivity index (χ3v) is 6.77. The second kappa shape index (κ2) is 9.62. The summed E-state index contributed by atoms with van der Waals surface area (Å²) in [5, 5.41) is 0. The van der Waals surface area contributed by atoms with Gasteiger partial charge in [0, 0.05) is 0 Å². The summed E-state index contributed by atoms with van der Waals surface area (Å²) in [4.78, 5) is -3.86. The van der Waals surface area contributed by atoms with E-state index in [2.05, 4.69) is 8.37 Å². The van der Waals surface area contributed by atoms with Crippen LogP contribution in [0.5, 0.6) is 0 Å². The molecule has 0 saturated carbocycles. The first-order chi connectivity index (χ1) is 16.4. The first kappa shape index (κ1) is 30.6. The largest absolute Gasteiger partial charge is 0.417 e. The Kier molecular flexibility index (Phi) is 7.97. The molecule has 2 aromatic carbocycles. The average Bonchev–Trinajstić information content (AvgIpc) is 2.70. The van der Waals surface area contributed by atoms with Crippen molar-refractivity contribution in [2.45, 2.75) is 34.5 Å². The van der Waals surface area contributed by atoms with Crippen LogP contribution in [0.4, 0.5) is 52.7 Å². The van der Waals surface area contributed by atoms with E-state index in [4.69, 9.17) is 0 Å². The summed E-state index contributed by atoms with van der Waals surface area (Å²) >= 11 is 0. The van der Waals surface area contributed by atoms with E-state index >= 15 is 0 Å². The molecule has 0 unspecified atom stereocenters. The van der Waals surface area contributed by atoms with Gasteiger partial charge in [0.2, 0.25) is 0 Å². The molecule has 37 heavy (non-hydrogen) atoms. The van der Waals surface area contributed by atoms with E-state index in [1.54, 1.807) is 0 Å². The van der Waals surface area contributed by atoms with E-state index < -0.39 is 95.9 Å². The van der Waals surface area contributed by atoms with Crippen LogP contribution in [0, 0.1) is 0 Å². The molecule has 0 radical (unpaired) electrons. The van der Waals surface area contributed by atoms with Crippen LogP contribution in [-0.4, -0.2) is 23.6 Å². The van der Waals surface area contributed by atoms with E-state index in [0.717, 1.165) is 0 Å². The van der Waals surface area contributed by atoms with Crippen LogP contribution in [-0.2, 0) is 53.3 Å². The normalized spacial score (nSPS) is 14.2. The molecule has 0 aromatic heterocycles. The fourth-order valence-electron chi connectivity index (χ4n) is 2.56. The topological polar surface area (TPSA) is 86.7 Å². The van der Waals surface area contributed by atoms with Crippen molar-refractivity contribution in [2.75, 3.05) is 6.79 Å². The summed E-state index contributed by atoms with van der Waals surface area (Å²) in [5.74, 6) is 0. The van der Waals surface area contributed by atoms with Crippen LogP contribution >= 0.6 is 0 Å². The predicted octanol–water partition coefficient (Wildman–Crippen LogP) is 5.83. The molecule has 0 fully saturated rings. The molecule has 0 saturated heterocycles. The highest BCUT2D eigenvalue weighted by Gasteiger charge is 2.43. The van der Waals surface area contributed by atoms with Crippen LogP contribution in [0.15, 0.2) is 46.2 Å². The maximum Gasteiger partial charge on any atom is 0.417 e. The van der Waals surface area contributed by atoms with Gasteiger partial charge in [0.1, 0.15) is 9.79 Å². The Hall–Kier alpha value is -2.58. The maximum atomic E-state index is 13.2. The van der Waals surface area contributed by atoms with E-state index in [1.807, 2.05) is 0 Å². The Morgan fingerprint density at radius 2 is 0.811 bits per heavy atom. The van der Waals surface area contributed by atoms with Crippen molar-refractivity contribution in [3.63, 3.8) is 0 Å². The van der Waals surface area contributed by atoms with Crippen molar-refractivity contribution in [2.24, 2.45) is 0 Å². The van der Waals surface area contributed by atoms with Gasteiger partial charge in [-0.25, -0.2) is 8.37 Å². The second-order valence-electron chi connectivity index (χ2n) is 6.67. The van der Waals surface area contributed by atoms with Gasteiger partial charge in [-0.2, -0.15) is 69.5 Å². The van der Waals surface area contributed by atoms with Gasteiger partial charge in [0.05, 0.1) is 22.3 Å². The summed E-state index contributed by atoms with van der Waals surface area (Å²) in [6, 6.07) is -1.70.